The monoisotopic (exact) mass is 377 g/mol. The Balaban J connectivity index is 1.64. The molecule has 3 nitrogen and oxygen atoms in total. The number of nitrogens with two attached hydrogens (primary N) is 1. The lowest BCUT2D eigenvalue weighted by molar-refractivity contribution is 0.226. The van der Waals surface area contributed by atoms with Crippen LogP contribution in [0.2, 0.25) is 0 Å². The lowest BCUT2D eigenvalue weighted by atomic mass is 9.76. The molecule has 3 N–H and O–H groups in total. The van der Waals surface area contributed by atoms with E-state index in [1.807, 2.05) is 6.92 Å². The van der Waals surface area contributed by atoms with E-state index in [2.05, 4.69) is 0 Å². The smallest absolute Gasteiger partial charge is 0.165 e. The zero-order valence-electron chi connectivity index (χ0n) is 16.8. The van der Waals surface area contributed by atoms with Crippen molar-refractivity contribution in [3.8, 4) is 11.5 Å². The van der Waals surface area contributed by atoms with Gasteiger partial charge in [-0.3, -0.25) is 0 Å². The van der Waals surface area contributed by atoms with Gasteiger partial charge in [-0.25, -0.2) is 4.39 Å². The van der Waals surface area contributed by atoms with Crippen molar-refractivity contribution in [2.45, 2.75) is 89.5 Å². The summed E-state index contributed by atoms with van der Waals surface area (Å²) >= 11 is 0. The molecule has 2 saturated carbocycles. The molecule has 152 valence electrons. The number of hydrogen-bond acceptors (Lipinski definition) is 3. The topological polar surface area (TPSA) is 55.5 Å². The molecule has 0 bridgehead atoms. The Kier molecular flexibility index (Phi) is 7.40. The van der Waals surface area contributed by atoms with Crippen LogP contribution >= 0.6 is 0 Å². The first-order valence-electron chi connectivity index (χ1n) is 11.0. The maximum Gasteiger partial charge on any atom is 0.165 e. The molecule has 3 atom stereocenters. The van der Waals surface area contributed by atoms with Gasteiger partial charge in [-0.1, -0.05) is 51.9 Å². The summed E-state index contributed by atoms with van der Waals surface area (Å²) in [6.45, 7) is 2.23. The van der Waals surface area contributed by atoms with Gasteiger partial charge in [-0.15, -0.1) is 0 Å². The van der Waals surface area contributed by atoms with Gasteiger partial charge in [0.15, 0.2) is 11.6 Å². The molecule has 2 aliphatic carbocycles. The summed E-state index contributed by atoms with van der Waals surface area (Å²) in [7, 11) is 0. The highest BCUT2D eigenvalue weighted by Gasteiger charge is 2.28. The first-order valence-corrected chi connectivity index (χ1v) is 11.0. The van der Waals surface area contributed by atoms with Gasteiger partial charge in [0.2, 0.25) is 0 Å². The fraction of sp³-hybridized carbons (Fsp3) is 0.739. The maximum absolute atomic E-state index is 14.5. The van der Waals surface area contributed by atoms with Crippen molar-refractivity contribution in [2.24, 2.45) is 17.6 Å². The van der Waals surface area contributed by atoms with E-state index < -0.39 is 0 Å². The van der Waals surface area contributed by atoms with Gasteiger partial charge in [0.05, 0.1) is 0 Å². The average Bonchev–Trinajstić information content (AvgIpc) is 2.95. The number of halogens is 1. The van der Waals surface area contributed by atoms with Crippen LogP contribution in [0.3, 0.4) is 0 Å². The van der Waals surface area contributed by atoms with E-state index in [4.69, 9.17) is 10.5 Å². The third-order valence-corrected chi connectivity index (χ3v) is 6.83. The van der Waals surface area contributed by atoms with Gasteiger partial charge in [-0.2, -0.15) is 0 Å². The summed E-state index contributed by atoms with van der Waals surface area (Å²) in [5, 5.41) is 10.5. The van der Waals surface area contributed by atoms with E-state index in [9.17, 15) is 9.50 Å². The molecule has 2 fully saturated rings. The van der Waals surface area contributed by atoms with E-state index in [1.165, 1.54) is 63.5 Å². The number of phenols is 1. The lowest BCUT2D eigenvalue weighted by Gasteiger charge is -2.29. The molecular weight excluding hydrogens is 341 g/mol. The zero-order chi connectivity index (χ0) is 19.2. The number of phenolic OH excluding ortho intramolecular Hbond substituents is 1. The average molecular weight is 378 g/mol. The van der Waals surface area contributed by atoms with Crippen LogP contribution in [-0.4, -0.2) is 17.8 Å². The number of hydrogen-bond donors (Lipinski definition) is 2. The molecule has 0 amide bonds. The van der Waals surface area contributed by atoms with Crippen molar-refractivity contribution in [1.82, 2.24) is 0 Å². The first-order chi connectivity index (χ1) is 13.1. The first kappa shape index (κ1) is 20.4. The predicted octanol–water partition coefficient (Wildman–Crippen LogP) is 5.89. The number of rotatable bonds is 6. The second-order valence-electron chi connectivity index (χ2n) is 8.68. The Hall–Kier alpha value is -1.29. The molecule has 0 saturated heterocycles. The molecule has 0 heterocycles. The Morgan fingerprint density at radius 3 is 2.48 bits per heavy atom. The third kappa shape index (κ3) is 5.37. The van der Waals surface area contributed by atoms with E-state index >= 15 is 0 Å². The van der Waals surface area contributed by atoms with Crippen LogP contribution in [0, 0.1) is 17.7 Å². The van der Waals surface area contributed by atoms with Crippen molar-refractivity contribution in [2.75, 3.05) is 6.61 Å². The summed E-state index contributed by atoms with van der Waals surface area (Å²) < 4.78 is 20.0. The highest BCUT2D eigenvalue weighted by Crippen LogP contribution is 2.43. The third-order valence-electron chi connectivity index (χ3n) is 6.83. The van der Waals surface area contributed by atoms with Crippen LogP contribution in [-0.2, 0) is 0 Å². The fourth-order valence-corrected chi connectivity index (χ4v) is 5.03. The van der Waals surface area contributed by atoms with Crippen LogP contribution in [0.1, 0.15) is 89.0 Å². The molecule has 3 rings (SSSR count). The van der Waals surface area contributed by atoms with Crippen LogP contribution in [0.25, 0.3) is 0 Å². The van der Waals surface area contributed by atoms with Gasteiger partial charge in [-0.05, 0) is 49.5 Å². The minimum absolute atomic E-state index is 0.105. The van der Waals surface area contributed by atoms with E-state index in [0.717, 1.165) is 36.7 Å². The molecule has 0 aromatic heterocycles. The lowest BCUT2D eigenvalue weighted by Crippen LogP contribution is -2.26. The highest BCUT2D eigenvalue weighted by atomic mass is 19.1. The molecule has 1 aromatic carbocycles. The Morgan fingerprint density at radius 1 is 1.04 bits per heavy atom. The minimum Gasteiger partial charge on any atom is -0.508 e. The van der Waals surface area contributed by atoms with Gasteiger partial charge < -0.3 is 15.6 Å². The van der Waals surface area contributed by atoms with Crippen LogP contribution in [0.15, 0.2) is 12.1 Å². The van der Waals surface area contributed by atoms with Gasteiger partial charge in [0.25, 0.3) is 0 Å². The summed E-state index contributed by atoms with van der Waals surface area (Å²) in [5.74, 6) is 1.84. The highest BCUT2D eigenvalue weighted by molar-refractivity contribution is 5.43. The molecular formula is C23H36FNO2. The summed E-state index contributed by atoms with van der Waals surface area (Å²) in [5.41, 5.74) is 6.59. The summed E-state index contributed by atoms with van der Waals surface area (Å²) in [4.78, 5) is 0. The molecule has 1 aromatic rings. The van der Waals surface area contributed by atoms with Crippen molar-refractivity contribution < 1.29 is 14.2 Å². The van der Waals surface area contributed by atoms with Crippen LogP contribution < -0.4 is 10.5 Å². The standard InChI is InChI=1S/C23H36FNO2/c1-2-19(25)15-27-23-14-22(26)20(13-21(23)24)18-10-6-9-17(11-12-18)16-7-4-3-5-8-16/h13-14,16-19,26H,2-12,15,25H2,1H3/t17?,18?,19-/m1/s1. The maximum atomic E-state index is 14.5. The number of benzene rings is 1. The number of ether oxygens (including phenoxy) is 1. The van der Waals surface area contributed by atoms with Gasteiger partial charge in [0, 0.05) is 17.7 Å². The van der Waals surface area contributed by atoms with Crippen molar-refractivity contribution in [1.29, 1.82) is 0 Å². The normalized spacial score (nSPS) is 25.7. The molecule has 0 radical (unpaired) electrons. The second-order valence-corrected chi connectivity index (χ2v) is 8.68. The SMILES string of the molecule is CC[C@@H](N)COc1cc(O)c(C2CCCC(C3CCCCC3)CC2)cc1F. The van der Waals surface area contributed by atoms with Crippen molar-refractivity contribution in [3.05, 3.63) is 23.5 Å². The largest absolute Gasteiger partial charge is 0.508 e. The van der Waals surface area contributed by atoms with Crippen molar-refractivity contribution in [3.63, 3.8) is 0 Å². The molecule has 27 heavy (non-hydrogen) atoms. The molecule has 2 aliphatic rings. The van der Waals surface area contributed by atoms with E-state index in [0.29, 0.717) is 0 Å². The Bertz CT molecular complexity index is 600. The molecule has 2 unspecified atom stereocenters. The van der Waals surface area contributed by atoms with Crippen LogP contribution in [0.4, 0.5) is 4.39 Å². The number of aromatic hydroxyl groups is 1. The minimum atomic E-state index is -0.390. The second kappa shape index (κ2) is 9.77. The summed E-state index contributed by atoms with van der Waals surface area (Å²) in [6, 6.07) is 2.81. The fourth-order valence-electron chi connectivity index (χ4n) is 5.03. The van der Waals surface area contributed by atoms with E-state index in [-0.39, 0.29) is 35.9 Å². The van der Waals surface area contributed by atoms with Gasteiger partial charge in [0.1, 0.15) is 12.4 Å². The van der Waals surface area contributed by atoms with Crippen LogP contribution in [0.5, 0.6) is 11.5 Å². The quantitative estimate of drug-likeness (QED) is 0.608. The zero-order valence-corrected chi connectivity index (χ0v) is 16.8. The predicted molar refractivity (Wildman–Crippen MR) is 108 cm³/mol. The summed E-state index contributed by atoms with van der Waals surface area (Å²) in [6.07, 6.45) is 13.5. The van der Waals surface area contributed by atoms with E-state index in [1.54, 1.807) is 0 Å². The molecule has 0 aliphatic heterocycles. The Labute approximate surface area is 163 Å². The Morgan fingerprint density at radius 2 is 1.74 bits per heavy atom. The van der Waals surface area contributed by atoms with Crippen molar-refractivity contribution >= 4 is 0 Å². The molecule has 0 spiro atoms. The van der Waals surface area contributed by atoms with Gasteiger partial charge >= 0.3 is 0 Å². The molecule has 4 heteroatoms.